The van der Waals surface area contributed by atoms with E-state index in [2.05, 4.69) is 22.6 Å². The molecule has 0 aliphatic carbocycles. The molecule has 0 unspecified atom stereocenters. The Morgan fingerprint density at radius 1 is 1.38 bits per heavy atom. The van der Waals surface area contributed by atoms with Crippen LogP contribution in [0.4, 0.5) is 0 Å². The van der Waals surface area contributed by atoms with Crippen molar-refractivity contribution in [3.05, 3.63) is 33.4 Å². The van der Waals surface area contributed by atoms with Crippen LogP contribution in [0.25, 0.3) is 0 Å². The number of hydrogen-bond acceptors (Lipinski definition) is 2. The van der Waals surface area contributed by atoms with Gasteiger partial charge in [-0.2, -0.15) is 0 Å². The van der Waals surface area contributed by atoms with E-state index >= 15 is 0 Å². The molecule has 0 saturated carbocycles. The lowest BCUT2D eigenvalue weighted by molar-refractivity contribution is 0.276. The summed E-state index contributed by atoms with van der Waals surface area (Å²) in [6, 6.07) is 7.93. The number of hydrogen-bond donors (Lipinski definition) is 2. The SMILES string of the molecule is Cl.N[C@H](CCO)c1ccccc1I. The summed E-state index contributed by atoms with van der Waals surface area (Å²) in [5.74, 6) is 0. The van der Waals surface area contributed by atoms with Crippen molar-refractivity contribution in [2.75, 3.05) is 6.61 Å². The third kappa shape index (κ3) is 3.81. The molecule has 0 radical (unpaired) electrons. The van der Waals surface area contributed by atoms with Crippen LogP contribution >= 0.6 is 35.0 Å². The summed E-state index contributed by atoms with van der Waals surface area (Å²) in [7, 11) is 0. The molecule has 0 aromatic heterocycles. The summed E-state index contributed by atoms with van der Waals surface area (Å²) < 4.78 is 1.16. The maximum Gasteiger partial charge on any atom is 0.0449 e. The third-order valence-electron chi connectivity index (χ3n) is 1.74. The molecule has 0 aliphatic heterocycles. The minimum absolute atomic E-state index is 0. The Morgan fingerprint density at radius 2 is 2.00 bits per heavy atom. The molecule has 4 heteroatoms. The van der Waals surface area contributed by atoms with Gasteiger partial charge in [-0.3, -0.25) is 0 Å². The van der Waals surface area contributed by atoms with Gasteiger partial charge in [0.15, 0.2) is 0 Å². The Balaban J connectivity index is 0.00000144. The molecule has 0 fully saturated rings. The Morgan fingerprint density at radius 3 is 2.54 bits per heavy atom. The van der Waals surface area contributed by atoms with E-state index in [9.17, 15) is 0 Å². The molecule has 0 aliphatic rings. The Labute approximate surface area is 98.1 Å². The molecule has 0 spiro atoms. The van der Waals surface area contributed by atoms with Crippen LogP contribution in [0, 0.1) is 3.57 Å². The lowest BCUT2D eigenvalue weighted by atomic mass is 10.1. The average Bonchev–Trinajstić information content (AvgIpc) is 2.05. The van der Waals surface area contributed by atoms with E-state index in [0.717, 1.165) is 9.13 Å². The summed E-state index contributed by atoms with van der Waals surface area (Å²) in [6.45, 7) is 0.145. The summed E-state index contributed by atoms with van der Waals surface area (Å²) in [5.41, 5.74) is 6.96. The van der Waals surface area contributed by atoms with Crippen LogP contribution in [-0.2, 0) is 0 Å². The van der Waals surface area contributed by atoms with Crippen LogP contribution < -0.4 is 5.73 Å². The molecule has 74 valence electrons. The quantitative estimate of drug-likeness (QED) is 0.840. The van der Waals surface area contributed by atoms with E-state index in [0.29, 0.717) is 6.42 Å². The van der Waals surface area contributed by atoms with Crippen LogP contribution in [0.3, 0.4) is 0 Å². The number of aliphatic hydroxyl groups excluding tert-OH is 1. The van der Waals surface area contributed by atoms with Gasteiger partial charge < -0.3 is 10.8 Å². The highest BCUT2D eigenvalue weighted by Gasteiger charge is 2.07. The zero-order valence-corrected chi connectivity index (χ0v) is 10.1. The van der Waals surface area contributed by atoms with Crippen molar-refractivity contribution in [2.24, 2.45) is 5.73 Å². The Hall–Kier alpha value is 0.160. The van der Waals surface area contributed by atoms with Crippen LogP contribution in [-0.4, -0.2) is 11.7 Å². The summed E-state index contributed by atoms with van der Waals surface area (Å²) in [6.07, 6.45) is 0.625. The topological polar surface area (TPSA) is 46.2 Å². The molecule has 1 rings (SSSR count). The minimum atomic E-state index is -0.0388. The third-order valence-corrected chi connectivity index (χ3v) is 2.73. The van der Waals surface area contributed by atoms with Gasteiger partial charge in [0, 0.05) is 16.2 Å². The summed E-state index contributed by atoms with van der Waals surface area (Å²) >= 11 is 2.25. The fourth-order valence-electron chi connectivity index (χ4n) is 1.07. The van der Waals surface area contributed by atoms with Gasteiger partial charge in [0.2, 0.25) is 0 Å². The molecule has 1 atom stereocenters. The first-order valence-corrected chi connectivity index (χ1v) is 4.94. The first-order chi connectivity index (χ1) is 5.75. The highest BCUT2D eigenvalue weighted by atomic mass is 127. The molecular weight excluding hydrogens is 300 g/mol. The van der Waals surface area contributed by atoms with Crippen LogP contribution in [0.2, 0.25) is 0 Å². The zero-order chi connectivity index (χ0) is 8.97. The summed E-state index contributed by atoms with van der Waals surface area (Å²) in [5, 5.41) is 8.71. The van der Waals surface area contributed by atoms with Gasteiger partial charge in [-0.05, 0) is 40.6 Å². The van der Waals surface area contributed by atoms with E-state index in [-0.39, 0.29) is 25.1 Å². The highest BCUT2D eigenvalue weighted by molar-refractivity contribution is 14.1. The molecule has 1 aromatic carbocycles. The van der Waals surface area contributed by atoms with Crippen molar-refractivity contribution >= 4 is 35.0 Å². The van der Waals surface area contributed by atoms with Gasteiger partial charge in [-0.15, -0.1) is 12.4 Å². The number of halogens is 2. The maximum absolute atomic E-state index is 8.71. The number of aliphatic hydroxyl groups is 1. The average molecular weight is 314 g/mol. The smallest absolute Gasteiger partial charge is 0.0449 e. The molecule has 0 amide bonds. The molecule has 0 heterocycles. The summed E-state index contributed by atoms with van der Waals surface area (Å²) in [4.78, 5) is 0. The highest BCUT2D eigenvalue weighted by Crippen LogP contribution is 2.19. The second-order valence-corrected chi connectivity index (χ2v) is 3.80. The van der Waals surface area contributed by atoms with Crippen LogP contribution in [0.5, 0.6) is 0 Å². The van der Waals surface area contributed by atoms with Crippen molar-refractivity contribution in [1.29, 1.82) is 0 Å². The van der Waals surface area contributed by atoms with Gasteiger partial charge in [-0.1, -0.05) is 18.2 Å². The van der Waals surface area contributed by atoms with Crippen molar-refractivity contribution in [2.45, 2.75) is 12.5 Å². The molecule has 3 N–H and O–H groups in total. The molecular formula is C9H13ClINO. The molecule has 13 heavy (non-hydrogen) atoms. The first-order valence-electron chi connectivity index (χ1n) is 3.86. The monoisotopic (exact) mass is 313 g/mol. The van der Waals surface area contributed by atoms with Gasteiger partial charge in [0.05, 0.1) is 0 Å². The van der Waals surface area contributed by atoms with E-state index in [1.807, 2.05) is 24.3 Å². The molecule has 1 aromatic rings. The zero-order valence-electron chi connectivity index (χ0n) is 7.11. The van der Waals surface area contributed by atoms with Crippen molar-refractivity contribution in [1.82, 2.24) is 0 Å². The van der Waals surface area contributed by atoms with Gasteiger partial charge in [0.1, 0.15) is 0 Å². The van der Waals surface area contributed by atoms with Gasteiger partial charge in [-0.25, -0.2) is 0 Å². The van der Waals surface area contributed by atoms with Crippen LogP contribution in [0.1, 0.15) is 18.0 Å². The first kappa shape index (κ1) is 13.2. The van der Waals surface area contributed by atoms with E-state index in [1.54, 1.807) is 0 Å². The van der Waals surface area contributed by atoms with Crippen molar-refractivity contribution < 1.29 is 5.11 Å². The standard InChI is InChI=1S/C9H12INO.ClH/c10-8-4-2-1-3-7(8)9(11)5-6-12;/h1-4,9,12H,5-6,11H2;1H/t9-;/m1./s1. The van der Waals surface area contributed by atoms with Crippen molar-refractivity contribution in [3.8, 4) is 0 Å². The lowest BCUT2D eigenvalue weighted by Crippen LogP contribution is -2.13. The lowest BCUT2D eigenvalue weighted by Gasteiger charge is -2.11. The van der Waals surface area contributed by atoms with E-state index in [1.165, 1.54) is 0 Å². The Kier molecular flexibility index (Phi) is 6.67. The predicted molar refractivity (Wildman–Crippen MR) is 65.0 cm³/mol. The maximum atomic E-state index is 8.71. The Bertz CT molecular complexity index is 257. The predicted octanol–water partition coefficient (Wildman–Crippen LogP) is 2.10. The van der Waals surface area contributed by atoms with Crippen LogP contribution in [0.15, 0.2) is 24.3 Å². The molecule has 2 nitrogen and oxygen atoms in total. The van der Waals surface area contributed by atoms with Gasteiger partial charge in [0.25, 0.3) is 0 Å². The minimum Gasteiger partial charge on any atom is -0.396 e. The van der Waals surface area contributed by atoms with Gasteiger partial charge >= 0.3 is 0 Å². The second kappa shape index (κ2) is 6.59. The molecule has 0 bridgehead atoms. The van der Waals surface area contributed by atoms with Crippen molar-refractivity contribution in [3.63, 3.8) is 0 Å². The van der Waals surface area contributed by atoms with E-state index < -0.39 is 0 Å². The number of rotatable bonds is 3. The fourth-order valence-corrected chi connectivity index (χ4v) is 1.86. The van der Waals surface area contributed by atoms with E-state index in [4.69, 9.17) is 10.8 Å². The molecule has 0 saturated heterocycles. The second-order valence-electron chi connectivity index (χ2n) is 2.64. The number of benzene rings is 1. The largest absolute Gasteiger partial charge is 0.396 e. The number of nitrogens with two attached hydrogens (primary N) is 1. The normalized spacial score (nSPS) is 11.9. The fraction of sp³-hybridized carbons (Fsp3) is 0.333.